The van der Waals surface area contributed by atoms with Crippen molar-refractivity contribution in [1.29, 1.82) is 0 Å². The molecule has 0 fully saturated rings. The summed E-state index contributed by atoms with van der Waals surface area (Å²) in [5.74, 6) is 0.256. The lowest BCUT2D eigenvalue weighted by Gasteiger charge is -2.25. The van der Waals surface area contributed by atoms with Gasteiger partial charge in [-0.2, -0.15) is 13.2 Å². The van der Waals surface area contributed by atoms with Crippen LogP contribution < -0.4 is 4.90 Å². The molecule has 1 N–H and O–H groups in total. The summed E-state index contributed by atoms with van der Waals surface area (Å²) in [6.07, 6.45) is -4.35. The van der Waals surface area contributed by atoms with Crippen LogP contribution in [0.5, 0.6) is 5.75 Å². The minimum Gasteiger partial charge on any atom is -0.508 e. The number of aromatic hydroxyl groups is 1. The van der Waals surface area contributed by atoms with Crippen molar-refractivity contribution in [1.82, 2.24) is 0 Å². The third-order valence-corrected chi connectivity index (χ3v) is 4.96. The number of hydrogen-bond donors (Lipinski definition) is 1. The number of hydrogen-bond acceptors (Lipinski definition) is 3. The Morgan fingerprint density at radius 2 is 1.67 bits per heavy atom. The second-order valence-corrected chi connectivity index (χ2v) is 7.16. The van der Waals surface area contributed by atoms with Gasteiger partial charge in [0.15, 0.2) is 0 Å². The molecule has 0 spiro atoms. The van der Waals surface area contributed by atoms with E-state index >= 15 is 0 Å². The number of rotatable bonds is 7. The second-order valence-electron chi connectivity index (χ2n) is 7.16. The number of halogens is 3. The Hall–Kier alpha value is -2.99. The van der Waals surface area contributed by atoms with Gasteiger partial charge in [-0.3, -0.25) is 0 Å². The maximum Gasteiger partial charge on any atom is 0.416 e. The third-order valence-electron chi connectivity index (χ3n) is 4.96. The zero-order valence-electron chi connectivity index (χ0n) is 16.9. The maximum absolute atomic E-state index is 12.8. The Labute approximate surface area is 174 Å². The molecule has 0 radical (unpaired) electrons. The molecular weight excluding hydrogens is 391 g/mol. The SMILES string of the molecule is COCCN(Cc1ccc(O)c(C)c1)c1cccc(-c2ccc(C(F)(F)F)cc2)c1. The summed E-state index contributed by atoms with van der Waals surface area (Å²) >= 11 is 0. The van der Waals surface area contributed by atoms with Crippen molar-refractivity contribution < 1.29 is 23.0 Å². The third kappa shape index (κ3) is 5.33. The van der Waals surface area contributed by atoms with Crippen molar-refractivity contribution in [2.45, 2.75) is 19.6 Å². The van der Waals surface area contributed by atoms with E-state index in [1.54, 1.807) is 13.2 Å². The van der Waals surface area contributed by atoms with E-state index in [2.05, 4.69) is 4.90 Å². The molecule has 0 atom stereocenters. The first kappa shape index (κ1) is 21.7. The first-order valence-corrected chi connectivity index (χ1v) is 9.58. The largest absolute Gasteiger partial charge is 0.508 e. The molecule has 0 bridgehead atoms. The van der Waals surface area contributed by atoms with E-state index in [0.717, 1.165) is 40.1 Å². The van der Waals surface area contributed by atoms with Crippen LogP contribution in [0.3, 0.4) is 0 Å². The molecule has 0 amide bonds. The highest BCUT2D eigenvalue weighted by atomic mass is 19.4. The molecule has 6 heteroatoms. The average molecular weight is 415 g/mol. The van der Waals surface area contributed by atoms with Crippen molar-refractivity contribution in [3.8, 4) is 16.9 Å². The van der Waals surface area contributed by atoms with Gasteiger partial charge in [-0.05, 0) is 59.5 Å². The standard InChI is InChI=1S/C24H24F3NO2/c1-17-14-18(6-11-23(17)29)16-28(12-13-30-2)22-5-3-4-20(15-22)19-7-9-21(10-8-19)24(25,26)27/h3-11,14-15,29H,12-13,16H2,1-2H3. The van der Waals surface area contributed by atoms with Gasteiger partial charge in [-0.25, -0.2) is 0 Å². The molecule has 0 aliphatic rings. The average Bonchev–Trinajstić information content (AvgIpc) is 2.73. The predicted molar refractivity (Wildman–Crippen MR) is 113 cm³/mol. The Kier molecular flexibility index (Phi) is 6.67. The molecule has 3 aromatic carbocycles. The smallest absolute Gasteiger partial charge is 0.416 e. The summed E-state index contributed by atoms with van der Waals surface area (Å²) in [6.45, 7) is 3.64. The van der Waals surface area contributed by atoms with E-state index in [1.165, 1.54) is 12.1 Å². The van der Waals surface area contributed by atoms with Crippen molar-refractivity contribution in [3.05, 3.63) is 83.4 Å². The number of anilines is 1. The van der Waals surface area contributed by atoms with Crippen LogP contribution in [0.25, 0.3) is 11.1 Å². The zero-order valence-corrected chi connectivity index (χ0v) is 16.9. The topological polar surface area (TPSA) is 32.7 Å². The number of ether oxygens (including phenoxy) is 1. The normalized spacial score (nSPS) is 11.5. The molecule has 0 saturated carbocycles. The van der Waals surface area contributed by atoms with Gasteiger partial charge in [0.05, 0.1) is 12.2 Å². The number of phenolic OH excluding ortho intramolecular Hbond substituents is 1. The molecule has 158 valence electrons. The monoisotopic (exact) mass is 415 g/mol. The molecular formula is C24H24F3NO2. The molecule has 3 aromatic rings. The van der Waals surface area contributed by atoms with Crippen molar-refractivity contribution in [2.75, 3.05) is 25.2 Å². The Balaban J connectivity index is 1.88. The molecule has 0 aromatic heterocycles. The van der Waals surface area contributed by atoms with Gasteiger partial charge in [0.1, 0.15) is 5.75 Å². The van der Waals surface area contributed by atoms with E-state index in [9.17, 15) is 18.3 Å². The number of nitrogens with zero attached hydrogens (tertiary/aromatic N) is 1. The fourth-order valence-electron chi connectivity index (χ4n) is 3.27. The summed E-state index contributed by atoms with van der Waals surface area (Å²) in [7, 11) is 1.64. The van der Waals surface area contributed by atoms with E-state index in [0.29, 0.717) is 19.7 Å². The van der Waals surface area contributed by atoms with E-state index in [4.69, 9.17) is 4.74 Å². The Bertz CT molecular complexity index is 984. The van der Waals surface area contributed by atoms with Crippen LogP contribution >= 0.6 is 0 Å². The van der Waals surface area contributed by atoms with Gasteiger partial charge in [-0.15, -0.1) is 0 Å². The van der Waals surface area contributed by atoms with Gasteiger partial charge < -0.3 is 14.7 Å². The lowest BCUT2D eigenvalue weighted by molar-refractivity contribution is -0.137. The van der Waals surface area contributed by atoms with Gasteiger partial charge >= 0.3 is 6.18 Å². The van der Waals surface area contributed by atoms with Gasteiger partial charge in [0, 0.05) is 25.9 Å². The first-order chi connectivity index (χ1) is 14.3. The first-order valence-electron chi connectivity index (χ1n) is 9.58. The number of aryl methyl sites for hydroxylation is 1. The molecule has 0 unspecified atom stereocenters. The van der Waals surface area contributed by atoms with Crippen molar-refractivity contribution >= 4 is 5.69 Å². The Morgan fingerprint density at radius 1 is 0.933 bits per heavy atom. The fraction of sp³-hybridized carbons (Fsp3) is 0.250. The molecule has 30 heavy (non-hydrogen) atoms. The van der Waals surface area contributed by atoms with Crippen LogP contribution in [-0.2, 0) is 17.5 Å². The van der Waals surface area contributed by atoms with Gasteiger partial charge in [0.25, 0.3) is 0 Å². The number of methoxy groups -OCH3 is 1. The van der Waals surface area contributed by atoms with Gasteiger partial charge in [-0.1, -0.05) is 36.4 Å². The van der Waals surface area contributed by atoms with Crippen LogP contribution in [0.15, 0.2) is 66.7 Å². The lowest BCUT2D eigenvalue weighted by atomic mass is 10.0. The second kappa shape index (κ2) is 9.22. The van der Waals surface area contributed by atoms with Gasteiger partial charge in [0.2, 0.25) is 0 Å². The highest BCUT2D eigenvalue weighted by Crippen LogP contribution is 2.32. The quantitative estimate of drug-likeness (QED) is 0.511. The maximum atomic E-state index is 12.8. The molecule has 3 nitrogen and oxygen atoms in total. The molecule has 0 aliphatic carbocycles. The molecule has 3 rings (SSSR count). The number of phenols is 1. The lowest BCUT2D eigenvalue weighted by Crippen LogP contribution is -2.26. The highest BCUT2D eigenvalue weighted by molar-refractivity contribution is 5.69. The Morgan fingerprint density at radius 3 is 2.30 bits per heavy atom. The predicted octanol–water partition coefficient (Wildman–Crippen LogP) is 6.04. The van der Waals surface area contributed by atoms with Crippen molar-refractivity contribution in [3.63, 3.8) is 0 Å². The summed E-state index contributed by atoms with van der Waals surface area (Å²) in [5, 5.41) is 9.76. The fourth-order valence-corrected chi connectivity index (χ4v) is 3.27. The summed E-state index contributed by atoms with van der Waals surface area (Å²) in [4.78, 5) is 2.14. The van der Waals surface area contributed by atoms with Crippen LogP contribution in [0, 0.1) is 6.92 Å². The van der Waals surface area contributed by atoms with Crippen LogP contribution in [0.1, 0.15) is 16.7 Å². The summed E-state index contributed by atoms with van der Waals surface area (Å²) in [6, 6.07) is 18.4. The molecule has 0 saturated heterocycles. The molecule has 0 heterocycles. The minimum atomic E-state index is -4.35. The van der Waals surface area contributed by atoms with E-state index in [-0.39, 0.29) is 5.75 Å². The van der Waals surface area contributed by atoms with Crippen LogP contribution in [0.2, 0.25) is 0 Å². The highest BCUT2D eigenvalue weighted by Gasteiger charge is 2.29. The van der Waals surface area contributed by atoms with Crippen molar-refractivity contribution in [2.24, 2.45) is 0 Å². The zero-order chi connectivity index (χ0) is 21.7. The summed E-state index contributed by atoms with van der Waals surface area (Å²) in [5.41, 5.74) is 3.68. The van der Waals surface area contributed by atoms with E-state index in [1.807, 2.05) is 43.3 Å². The van der Waals surface area contributed by atoms with Crippen LogP contribution in [0.4, 0.5) is 18.9 Å². The molecule has 0 aliphatic heterocycles. The number of alkyl halides is 3. The number of benzene rings is 3. The van der Waals surface area contributed by atoms with E-state index < -0.39 is 11.7 Å². The minimum absolute atomic E-state index is 0.256. The summed E-state index contributed by atoms with van der Waals surface area (Å²) < 4.78 is 43.8. The van der Waals surface area contributed by atoms with Crippen LogP contribution in [-0.4, -0.2) is 25.4 Å².